The number of hydrogen-bond donors (Lipinski definition) is 2. The summed E-state index contributed by atoms with van der Waals surface area (Å²) in [6.07, 6.45) is 1.38. The maximum Gasteiger partial charge on any atom is 0.225 e. The van der Waals surface area contributed by atoms with Crippen LogP contribution >= 0.6 is 0 Å². The molecule has 0 atom stereocenters. The predicted octanol–water partition coefficient (Wildman–Crippen LogP) is 1.32. The third-order valence-electron chi connectivity index (χ3n) is 1.60. The van der Waals surface area contributed by atoms with Gasteiger partial charge < -0.3 is 5.32 Å². The fourth-order valence-corrected chi connectivity index (χ4v) is 0.838. The summed E-state index contributed by atoms with van der Waals surface area (Å²) in [5.74, 6) is 0.600. The molecule has 1 rings (SSSR count). The van der Waals surface area contributed by atoms with Gasteiger partial charge >= 0.3 is 0 Å². The van der Waals surface area contributed by atoms with Gasteiger partial charge in [-0.1, -0.05) is 13.8 Å². The zero-order chi connectivity index (χ0) is 8.97. The monoisotopic (exact) mass is 167 g/mol. The van der Waals surface area contributed by atoms with E-state index < -0.39 is 0 Å². The van der Waals surface area contributed by atoms with E-state index in [0.717, 1.165) is 12.1 Å². The number of rotatable bonds is 3. The fraction of sp³-hybridized carbons (Fsp3) is 0.500. The smallest absolute Gasteiger partial charge is 0.225 e. The molecular weight excluding hydrogens is 154 g/mol. The standard InChI is InChI=1S/C8H13N3O/c1-3-6-5-7(11-10-6)9-8(12)4-2/h5H,3-4H2,1-2H3,(H2,9,10,11,12). The highest BCUT2D eigenvalue weighted by molar-refractivity contribution is 5.89. The van der Waals surface area contributed by atoms with Crippen molar-refractivity contribution >= 4 is 11.7 Å². The molecule has 0 aliphatic heterocycles. The topological polar surface area (TPSA) is 57.8 Å². The van der Waals surface area contributed by atoms with Crippen molar-refractivity contribution in [2.45, 2.75) is 26.7 Å². The van der Waals surface area contributed by atoms with Crippen LogP contribution in [0, 0.1) is 0 Å². The molecule has 0 fully saturated rings. The van der Waals surface area contributed by atoms with Crippen molar-refractivity contribution in [1.82, 2.24) is 10.2 Å². The highest BCUT2D eigenvalue weighted by atomic mass is 16.1. The average molecular weight is 167 g/mol. The van der Waals surface area contributed by atoms with Crippen LogP contribution in [0.15, 0.2) is 6.07 Å². The number of aromatic nitrogens is 2. The van der Waals surface area contributed by atoms with E-state index in [-0.39, 0.29) is 5.91 Å². The molecule has 1 aromatic heterocycles. The number of aromatic amines is 1. The van der Waals surface area contributed by atoms with Crippen LogP contribution in [0.25, 0.3) is 0 Å². The van der Waals surface area contributed by atoms with Gasteiger partial charge in [0.05, 0.1) is 0 Å². The Balaban J connectivity index is 2.58. The zero-order valence-electron chi connectivity index (χ0n) is 7.35. The van der Waals surface area contributed by atoms with Crippen LogP contribution in [0.1, 0.15) is 26.0 Å². The van der Waals surface area contributed by atoms with Crippen LogP contribution in [0.2, 0.25) is 0 Å². The quantitative estimate of drug-likeness (QED) is 0.713. The van der Waals surface area contributed by atoms with Crippen molar-refractivity contribution in [2.24, 2.45) is 0 Å². The van der Waals surface area contributed by atoms with Crippen molar-refractivity contribution in [3.63, 3.8) is 0 Å². The normalized spacial score (nSPS) is 9.83. The van der Waals surface area contributed by atoms with E-state index in [2.05, 4.69) is 15.5 Å². The van der Waals surface area contributed by atoms with Gasteiger partial charge in [0, 0.05) is 18.2 Å². The van der Waals surface area contributed by atoms with Crippen LogP contribution in [-0.2, 0) is 11.2 Å². The molecule has 1 amide bonds. The minimum Gasteiger partial charge on any atom is -0.309 e. The van der Waals surface area contributed by atoms with E-state index in [4.69, 9.17) is 0 Å². The molecule has 0 spiro atoms. The van der Waals surface area contributed by atoms with Gasteiger partial charge in [-0.3, -0.25) is 9.89 Å². The number of aryl methyl sites for hydroxylation is 1. The molecule has 0 radical (unpaired) electrons. The lowest BCUT2D eigenvalue weighted by Crippen LogP contribution is -2.09. The number of hydrogen-bond acceptors (Lipinski definition) is 2. The van der Waals surface area contributed by atoms with E-state index in [0.29, 0.717) is 12.2 Å². The minimum atomic E-state index is -0.0100. The van der Waals surface area contributed by atoms with E-state index in [1.54, 1.807) is 0 Å². The lowest BCUT2D eigenvalue weighted by atomic mass is 10.3. The molecule has 66 valence electrons. The number of amides is 1. The van der Waals surface area contributed by atoms with Gasteiger partial charge in [0.15, 0.2) is 5.82 Å². The van der Waals surface area contributed by atoms with Gasteiger partial charge in [-0.25, -0.2) is 0 Å². The van der Waals surface area contributed by atoms with E-state index in [1.807, 2.05) is 19.9 Å². The Morgan fingerprint density at radius 1 is 1.67 bits per heavy atom. The highest BCUT2D eigenvalue weighted by Crippen LogP contribution is 2.05. The largest absolute Gasteiger partial charge is 0.309 e. The number of H-pyrrole nitrogens is 1. The molecule has 0 bridgehead atoms. The molecular formula is C8H13N3O. The number of carbonyl (C=O) groups is 1. The van der Waals surface area contributed by atoms with E-state index >= 15 is 0 Å². The van der Waals surface area contributed by atoms with E-state index in [1.165, 1.54) is 0 Å². The van der Waals surface area contributed by atoms with Gasteiger partial charge in [0.1, 0.15) is 0 Å². The maximum absolute atomic E-state index is 10.9. The second-order valence-electron chi connectivity index (χ2n) is 2.53. The molecule has 0 saturated heterocycles. The molecule has 12 heavy (non-hydrogen) atoms. The van der Waals surface area contributed by atoms with Gasteiger partial charge in [0.2, 0.25) is 5.91 Å². The first-order chi connectivity index (χ1) is 5.76. The average Bonchev–Trinajstić information content (AvgIpc) is 2.52. The molecule has 4 heteroatoms. The summed E-state index contributed by atoms with van der Waals surface area (Å²) in [6, 6.07) is 1.84. The number of anilines is 1. The summed E-state index contributed by atoms with van der Waals surface area (Å²) < 4.78 is 0. The number of nitrogens with zero attached hydrogens (tertiary/aromatic N) is 1. The molecule has 0 aliphatic carbocycles. The Bertz CT molecular complexity index is 267. The van der Waals surface area contributed by atoms with Crippen molar-refractivity contribution in [3.8, 4) is 0 Å². The number of nitrogens with one attached hydrogen (secondary N) is 2. The molecule has 0 aliphatic rings. The molecule has 0 saturated carbocycles. The van der Waals surface area contributed by atoms with Gasteiger partial charge in [0.25, 0.3) is 0 Å². The highest BCUT2D eigenvalue weighted by Gasteiger charge is 2.01. The maximum atomic E-state index is 10.9. The fourth-order valence-electron chi connectivity index (χ4n) is 0.838. The number of carbonyl (C=O) groups excluding carboxylic acids is 1. The second kappa shape index (κ2) is 3.90. The summed E-state index contributed by atoms with van der Waals surface area (Å²) in [7, 11) is 0. The second-order valence-corrected chi connectivity index (χ2v) is 2.53. The minimum absolute atomic E-state index is 0.0100. The summed E-state index contributed by atoms with van der Waals surface area (Å²) >= 11 is 0. The van der Waals surface area contributed by atoms with Crippen molar-refractivity contribution in [3.05, 3.63) is 11.8 Å². The summed E-state index contributed by atoms with van der Waals surface area (Å²) in [4.78, 5) is 10.9. The van der Waals surface area contributed by atoms with Crippen LogP contribution < -0.4 is 5.32 Å². The SMILES string of the molecule is CCC(=O)Nc1cc(CC)[nH]n1. The Labute approximate surface area is 71.4 Å². The Hall–Kier alpha value is -1.32. The first-order valence-electron chi connectivity index (χ1n) is 4.10. The lowest BCUT2D eigenvalue weighted by Gasteiger charge is -1.95. The van der Waals surface area contributed by atoms with Crippen LogP contribution in [0.5, 0.6) is 0 Å². The Morgan fingerprint density at radius 3 is 2.92 bits per heavy atom. The predicted molar refractivity (Wildman–Crippen MR) is 46.9 cm³/mol. The summed E-state index contributed by atoms with van der Waals surface area (Å²) in [6.45, 7) is 3.83. The van der Waals surface area contributed by atoms with Gasteiger partial charge in [-0.15, -0.1) is 0 Å². The van der Waals surface area contributed by atoms with Gasteiger partial charge in [-0.05, 0) is 6.42 Å². The first-order valence-corrected chi connectivity index (χ1v) is 4.10. The third-order valence-corrected chi connectivity index (χ3v) is 1.60. The molecule has 0 unspecified atom stereocenters. The summed E-state index contributed by atoms with van der Waals surface area (Å²) in [5, 5.41) is 9.40. The first kappa shape index (κ1) is 8.77. The van der Waals surface area contributed by atoms with Crippen LogP contribution in [-0.4, -0.2) is 16.1 Å². The van der Waals surface area contributed by atoms with Crippen molar-refractivity contribution in [1.29, 1.82) is 0 Å². The van der Waals surface area contributed by atoms with Crippen LogP contribution in [0.4, 0.5) is 5.82 Å². The van der Waals surface area contributed by atoms with Gasteiger partial charge in [-0.2, -0.15) is 5.10 Å². The molecule has 1 aromatic rings. The Morgan fingerprint density at radius 2 is 2.42 bits per heavy atom. The van der Waals surface area contributed by atoms with E-state index in [9.17, 15) is 4.79 Å². The third kappa shape index (κ3) is 2.08. The molecule has 2 N–H and O–H groups in total. The molecule has 4 nitrogen and oxygen atoms in total. The molecule has 1 heterocycles. The lowest BCUT2D eigenvalue weighted by molar-refractivity contribution is -0.115. The molecule has 0 aromatic carbocycles. The summed E-state index contributed by atoms with van der Waals surface area (Å²) in [5.41, 5.74) is 1.03. The Kier molecular flexibility index (Phi) is 2.85. The van der Waals surface area contributed by atoms with Crippen molar-refractivity contribution in [2.75, 3.05) is 5.32 Å². The van der Waals surface area contributed by atoms with Crippen molar-refractivity contribution < 1.29 is 4.79 Å². The van der Waals surface area contributed by atoms with Crippen LogP contribution in [0.3, 0.4) is 0 Å². The zero-order valence-corrected chi connectivity index (χ0v) is 7.35.